The zero-order valence-corrected chi connectivity index (χ0v) is 12.5. The van der Waals surface area contributed by atoms with E-state index in [-0.39, 0.29) is 30.0 Å². The number of Topliss-reactive ketones (excluding diaryl/α,β-unsaturated/α-hetero) is 2. The molecule has 0 bridgehead atoms. The molecule has 116 valence electrons. The second-order valence-electron chi connectivity index (χ2n) is 5.28. The van der Waals surface area contributed by atoms with Gasteiger partial charge in [0, 0.05) is 38.0 Å². The van der Waals surface area contributed by atoms with Crippen LogP contribution in [-0.4, -0.2) is 28.6 Å². The fraction of sp³-hybridized carbons (Fsp3) is 0.176. The highest BCUT2D eigenvalue weighted by atomic mass is 19.1. The second-order valence-corrected chi connectivity index (χ2v) is 5.28. The van der Waals surface area contributed by atoms with Gasteiger partial charge in [0.1, 0.15) is 12.1 Å². The van der Waals surface area contributed by atoms with Crippen LogP contribution in [0, 0.1) is 5.82 Å². The molecule has 0 saturated heterocycles. The molecule has 0 fully saturated rings. The minimum atomic E-state index is -0.415. The van der Waals surface area contributed by atoms with Gasteiger partial charge in [-0.15, -0.1) is 0 Å². The molecular weight excluding hydrogens is 297 g/mol. The van der Waals surface area contributed by atoms with Crippen molar-refractivity contribution in [2.45, 2.75) is 12.8 Å². The van der Waals surface area contributed by atoms with E-state index in [1.807, 2.05) is 0 Å². The Morgan fingerprint density at radius 1 is 1.30 bits per heavy atom. The smallest absolute Gasteiger partial charge is 0.170 e. The summed E-state index contributed by atoms with van der Waals surface area (Å²) < 4.78 is 13.7. The minimum absolute atomic E-state index is 0.0436. The number of allylic oxidation sites excluding steroid dienone is 1. The lowest BCUT2D eigenvalue weighted by atomic mass is 9.87. The van der Waals surface area contributed by atoms with Crippen LogP contribution < -0.4 is 5.32 Å². The number of aromatic nitrogens is 2. The molecule has 6 heteroatoms. The van der Waals surface area contributed by atoms with E-state index in [4.69, 9.17) is 0 Å². The molecule has 0 amide bonds. The molecule has 5 nitrogen and oxygen atoms in total. The molecule has 2 aromatic rings. The molecule has 23 heavy (non-hydrogen) atoms. The van der Waals surface area contributed by atoms with E-state index >= 15 is 0 Å². The van der Waals surface area contributed by atoms with Crippen molar-refractivity contribution in [1.82, 2.24) is 9.97 Å². The fourth-order valence-electron chi connectivity index (χ4n) is 2.64. The van der Waals surface area contributed by atoms with Gasteiger partial charge in [-0.3, -0.25) is 9.59 Å². The molecule has 1 aliphatic carbocycles. The lowest BCUT2D eigenvalue weighted by Crippen LogP contribution is -2.21. The van der Waals surface area contributed by atoms with Gasteiger partial charge in [-0.25, -0.2) is 14.4 Å². The first-order chi connectivity index (χ1) is 11.1. The van der Waals surface area contributed by atoms with Gasteiger partial charge in [-0.1, -0.05) is 0 Å². The molecule has 3 rings (SSSR count). The standard InChI is InChI=1S/C17H14FN3O2/c1-19-15-5-12(18)3-11-4-14(17(23)6-13(11)15)16(22)2-10-7-20-9-21-8-10/h3-5,7-9,19H,2,6H2,1H3. The molecule has 0 aliphatic heterocycles. The number of anilines is 1. The monoisotopic (exact) mass is 311 g/mol. The molecule has 0 atom stereocenters. The second kappa shape index (κ2) is 6.08. The maximum atomic E-state index is 13.7. The van der Waals surface area contributed by atoms with Crippen molar-refractivity contribution < 1.29 is 14.0 Å². The summed E-state index contributed by atoms with van der Waals surface area (Å²) in [5, 5.41) is 2.88. The summed E-state index contributed by atoms with van der Waals surface area (Å²) in [5.41, 5.74) is 2.55. The van der Waals surface area contributed by atoms with E-state index in [1.165, 1.54) is 36.9 Å². The number of fused-ring (bicyclic) bond motifs is 1. The molecule has 0 radical (unpaired) electrons. The number of nitrogens with zero attached hydrogens (tertiary/aromatic N) is 2. The number of carbonyl (C=O) groups excluding carboxylic acids is 2. The van der Waals surface area contributed by atoms with Gasteiger partial charge < -0.3 is 5.32 Å². The van der Waals surface area contributed by atoms with Gasteiger partial charge in [0.15, 0.2) is 11.6 Å². The summed E-state index contributed by atoms with van der Waals surface area (Å²) in [6.45, 7) is 0. The molecule has 1 aliphatic rings. The van der Waals surface area contributed by atoms with E-state index in [0.29, 0.717) is 22.4 Å². The first kappa shape index (κ1) is 15.0. The van der Waals surface area contributed by atoms with Gasteiger partial charge in [-0.2, -0.15) is 0 Å². The molecule has 1 heterocycles. The Morgan fingerprint density at radius 2 is 2.04 bits per heavy atom. The maximum absolute atomic E-state index is 13.7. The van der Waals surface area contributed by atoms with Gasteiger partial charge >= 0.3 is 0 Å². The summed E-state index contributed by atoms with van der Waals surface area (Å²) in [6.07, 6.45) is 6.03. The van der Waals surface area contributed by atoms with Gasteiger partial charge in [0.05, 0.1) is 5.57 Å². The lowest BCUT2D eigenvalue weighted by molar-refractivity contribution is -0.120. The highest BCUT2D eigenvalue weighted by molar-refractivity contribution is 6.25. The maximum Gasteiger partial charge on any atom is 0.170 e. The number of benzene rings is 1. The molecule has 0 spiro atoms. The van der Waals surface area contributed by atoms with Crippen LogP contribution in [-0.2, 0) is 22.4 Å². The Bertz CT molecular complexity index is 816. The van der Waals surface area contributed by atoms with Crippen molar-refractivity contribution >= 4 is 23.3 Å². The average Bonchev–Trinajstić information content (AvgIpc) is 2.54. The van der Waals surface area contributed by atoms with Crippen LogP contribution in [0.4, 0.5) is 10.1 Å². The molecule has 1 aromatic heterocycles. The Balaban J connectivity index is 1.95. The van der Waals surface area contributed by atoms with E-state index in [1.54, 1.807) is 7.05 Å². The zero-order valence-electron chi connectivity index (χ0n) is 12.5. The van der Waals surface area contributed by atoms with E-state index in [9.17, 15) is 14.0 Å². The predicted octanol–water partition coefficient (Wildman–Crippen LogP) is 1.98. The van der Waals surface area contributed by atoms with Crippen LogP contribution in [0.15, 0.2) is 36.4 Å². The predicted molar refractivity (Wildman–Crippen MR) is 83.4 cm³/mol. The number of hydrogen-bond donors (Lipinski definition) is 1. The van der Waals surface area contributed by atoms with Crippen molar-refractivity contribution in [3.05, 3.63) is 58.9 Å². The Kier molecular flexibility index (Phi) is 3.97. The Morgan fingerprint density at radius 3 is 2.74 bits per heavy atom. The number of halogens is 1. The summed E-state index contributed by atoms with van der Waals surface area (Å²) in [4.78, 5) is 32.4. The quantitative estimate of drug-likeness (QED) is 0.874. The van der Waals surface area contributed by atoms with Crippen LogP contribution in [0.1, 0.15) is 16.7 Å². The Labute approximate surface area is 132 Å². The van der Waals surface area contributed by atoms with Crippen molar-refractivity contribution in [3.8, 4) is 0 Å². The number of carbonyl (C=O) groups is 2. The van der Waals surface area contributed by atoms with Gasteiger partial charge in [0.2, 0.25) is 0 Å². The number of hydrogen-bond acceptors (Lipinski definition) is 5. The minimum Gasteiger partial charge on any atom is -0.388 e. The number of ketones is 2. The first-order valence-electron chi connectivity index (χ1n) is 7.10. The molecular formula is C17H14FN3O2. The van der Waals surface area contributed by atoms with E-state index < -0.39 is 5.82 Å². The van der Waals surface area contributed by atoms with Crippen molar-refractivity contribution in [2.75, 3.05) is 12.4 Å². The summed E-state index contributed by atoms with van der Waals surface area (Å²) in [6, 6.07) is 2.68. The summed E-state index contributed by atoms with van der Waals surface area (Å²) in [7, 11) is 1.67. The van der Waals surface area contributed by atoms with Crippen LogP contribution in [0.2, 0.25) is 0 Å². The molecule has 1 aromatic carbocycles. The van der Waals surface area contributed by atoms with Crippen LogP contribution >= 0.6 is 0 Å². The van der Waals surface area contributed by atoms with E-state index in [0.717, 1.165) is 0 Å². The highest BCUT2D eigenvalue weighted by Gasteiger charge is 2.26. The largest absolute Gasteiger partial charge is 0.388 e. The normalized spacial score (nSPS) is 13.3. The lowest BCUT2D eigenvalue weighted by Gasteiger charge is -2.18. The summed E-state index contributed by atoms with van der Waals surface area (Å²) in [5.74, 6) is -0.991. The van der Waals surface area contributed by atoms with E-state index in [2.05, 4.69) is 15.3 Å². The third kappa shape index (κ3) is 3.01. The average molecular weight is 311 g/mol. The third-order valence-corrected chi connectivity index (χ3v) is 3.74. The summed E-state index contributed by atoms with van der Waals surface area (Å²) >= 11 is 0. The third-order valence-electron chi connectivity index (χ3n) is 3.74. The van der Waals surface area contributed by atoms with Crippen molar-refractivity contribution in [1.29, 1.82) is 0 Å². The van der Waals surface area contributed by atoms with Crippen molar-refractivity contribution in [2.24, 2.45) is 0 Å². The SMILES string of the molecule is CNc1cc(F)cc2c1CC(=O)C(C(=O)Cc1cncnc1)=C2. The zero-order chi connectivity index (χ0) is 16.4. The van der Waals surface area contributed by atoms with Crippen LogP contribution in [0.5, 0.6) is 0 Å². The van der Waals surface area contributed by atoms with Crippen LogP contribution in [0.3, 0.4) is 0 Å². The number of rotatable bonds is 4. The van der Waals surface area contributed by atoms with Crippen LogP contribution in [0.25, 0.3) is 6.08 Å². The van der Waals surface area contributed by atoms with Gasteiger partial charge in [0.25, 0.3) is 0 Å². The van der Waals surface area contributed by atoms with Crippen molar-refractivity contribution in [3.63, 3.8) is 0 Å². The van der Waals surface area contributed by atoms with Gasteiger partial charge in [-0.05, 0) is 34.9 Å². The fourth-order valence-corrected chi connectivity index (χ4v) is 2.64. The molecule has 0 unspecified atom stereocenters. The molecule has 0 saturated carbocycles. The topological polar surface area (TPSA) is 72.0 Å². The number of nitrogens with one attached hydrogen (secondary N) is 1. The first-order valence-corrected chi connectivity index (χ1v) is 7.10. The molecule has 1 N–H and O–H groups in total. The highest BCUT2D eigenvalue weighted by Crippen LogP contribution is 2.29. The Hall–Kier alpha value is -2.89.